The van der Waals surface area contributed by atoms with Gasteiger partial charge in [-0.05, 0) is 48.9 Å². The van der Waals surface area contributed by atoms with Gasteiger partial charge >= 0.3 is 0 Å². The van der Waals surface area contributed by atoms with Crippen LogP contribution in [0.1, 0.15) is 18.2 Å². The predicted octanol–water partition coefficient (Wildman–Crippen LogP) is 4.65. The van der Waals surface area contributed by atoms with E-state index in [1.165, 1.54) is 30.4 Å². The molecule has 0 unspecified atom stereocenters. The van der Waals surface area contributed by atoms with Gasteiger partial charge in [-0.3, -0.25) is 14.0 Å². The number of nitrogens with one attached hydrogen (secondary N) is 2. The molecule has 2 aromatic heterocycles. The van der Waals surface area contributed by atoms with Gasteiger partial charge in [0, 0.05) is 41.1 Å². The minimum Gasteiger partial charge on any atom is -0.326 e. The van der Waals surface area contributed by atoms with Crippen molar-refractivity contribution in [1.29, 1.82) is 0 Å². The highest BCUT2D eigenvalue weighted by Crippen LogP contribution is 2.26. The molecule has 0 saturated heterocycles. The van der Waals surface area contributed by atoms with Crippen LogP contribution in [0.4, 0.5) is 15.8 Å². The van der Waals surface area contributed by atoms with Crippen molar-refractivity contribution in [2.45, 2.75) is 20.3 Å². The topological polar surface area (TPSA) is 75.5 Å². The second-order valence-electron chi connectivity index (χ2n) is 6.90. The number of benzene rings is 2. The van der Waals surface area contributed by atoms with E-state index < -0.39 is 0 Å². The summed E-state index contributed by atoms with van der Waals surface area (Å²) in [4.78, 5) is 29.3. The summed E-state index contributed by atoms with van der Waals surface area (Å²) in [6, 6.07) is 11.5. The third kappa shape index (κ3) is 4.08. The Bertz CT molecular complexity index is 1240. The molecule has 0 aliphatic rings. The van der Waals surface area contributed by atoms with E-state index in [2.05, 4.69) is 15.6 Å². The third-order valence-electron chi connectivity index (χ3n) is 4.68. The lowest BCUT2D eigenvalue weighted by molar-refractivity contribution is -0.116. The number of hydrogen-bond donors (Lipinski definition) is 2. The Morgan fingerprint density at radius 3 is 2.50 bits per heavy atom. The highest BCUT2D eigenvalue weighted by atomic mass is 32.1. The molecular weight excluding hydrogens is 403 g/mol. The maximum atomic E-state index is 13.2. The van der Waals surface area contributed by atoms with Gasteiger partial charge < -0.3 is 10.6 Å². The first-order valence-corrected chi connectivity index (χ1v) is 10.2. The predicted molar refractivity (Wildman–Crippen MR) is 116 cm³/mol. The molecule has 152 valence electrons. The van der Waals surface area contributed by atoms with Crippen LogP contribution < -0.4 is 10.6 Å². The van der Waals surface area contributed by atoms with Crippen molar-refractivity contribution >= 4 is 39.5 Å². The molecule has 0 aliphatic heterocycles. The lowest BCUT2D eigenvalue weighted by atomic mass is 10.1. The van der Waals surface area contributed by atoms with E-state index in [0.717, 1.165) is 27.5 Å². The van der Waals surface area contributed by atoms with E-state index in [1.807, 2.05) is 22.9 Å². The van der Waals surface area contributed by atoms with Gasteiger partial charge in [0.15, 0.2) is 4.96 Å². The van der Waals surface area contributed by atoms with Crippen LogP contribution in [0.3, 0.4) is 0 Å². The molecule has 0 aliphatic carbocycles. The molecule has 2 heterocycles. The minimum absolute atomic E-state index is 0.167. The van der Waals surface area contributed by atoms with Crippen molar-refractivity contribution in [1.82, 2.24) is 9.38 Å². The van der Waals surface area contributed by atoms with Gasteiger partial charge in [-0.2, -0.15) is 0 Å². The van der Waals surface area contributed by atoms with Crippen molar-refractivity contribution in [2.24, 2.45) is 0 Å². The van der Waals surface area contributed by atoms with E-state index in [-0.39, 0.29) is 24.1 Å². The molecule has 4 aromatic rings. The van der Waals surface area contributed by atoms with Crippen LogP contribution in [0.2, 0.25) is 0 Å². The zero-order chi connectivity index (χ0) is 21.3. The molecule has 0 fully saturated rings. The number of anilines is 2. The van der Waals surface area contributed by atoms with Gasteiger partial charge in [0.2, 0.25) is 11.8 Å². The number of aromatic nitrogens is 2. The molecule has 2 aromatic carbocycles. The smallest absolute Gasteiger partial charge is 0.230 e. The summed E-state index contributed by atoms with van der Waals surface area (Å²) in [5, 5.41) is 7.56. The molecule has 2 amide bonds. The number of hydrogen-bond acceptors (Lipinski definition) is 4. The Morgan fingerprint density at radius 2 is 1.80 bits per heavy atom. The van der Waals surface area contributed by atoms with Crippen molar-refractivity contribution in [3.8, 4) is 11.3 Å². The summed E-state index contributed by atoms with van der Waals surface area (Å²) in [5.41, 5.74) is 4.45. The molecule has 0 saturated carbocycles. The van der Waals surface area contributed by atoms with Crippen LogP contribution in [0.25, 0.3) is 16.2 Å². The molecule has 30 heavy (non-hydrogen) atoms. The summed E-state index contributed by atoms with van der Waals surface area (Å²) < 4.78 is 15.0. The van der Waals surface area contributed by atoms with Gasteiger partial charge in [0.25, 0.3) is 0 Å². The Balaban J connectivity index is 1.52. The monoisotopic (exact) mass is 422 g/mol. The largest absolute Gasteiger partial charge is 0.326 e. The maximum absolute atomic E-state index is 13.2. The molecule has 0 radical (unpaired) electrons. The van der Waals surface area contributed by atoms with Crippen LogP contribution in [0.15, 0.2) is 54.0 Å². The Labute approximate surface area is 176 Å². The summed E-state index contributed by atoms with van der Waals surface area (Å²) in [5.74, 6) is -0.635. The van der Waals surface area contributed by atoms with Gasteiger partial charge in [-0.25, -0.2) is 9.37 Å². The van der Waals surface area contributed by atoms with Crippen LogP contribution in [-0.4, -0.2) is 21.2 Å². The fourth-order valence-electron chi connectivity index (χ4n) is 3.17. The average Bonchev–Trinajstić information content (AvgIpc) is 3.27. The number of imidazole rings is 1. The fourth-order valence-corrected chi connectivity index (χ4v) is 4.04. The number of carbonyl (C=O) groups excluding carboxylic acids is 2. The van der Waals surface area contributed by atoms with Crippen molar-refractivity contribution in [3.63, 3.8) is 0 Å². The number of fused-ring (bicyclic) bond motifs is 1. The summed E-state index contributed by atoms with van der Waals surface area (Å²) in [6.07, 6.45) is 2.02. The SMILES string of the molecule is CC(=O)Nc1cccc(NC(=O)Cc2csc3nc(-c4ccc(F)cc4)cn23)c1C. The summed E-state index contributed by atoms with van der Waals surface area (Å²) in [7, 11) is 0. The van der Waals surface area contributed by atoms with Crippen molar-refractivity contribution in [2.75, 3.05) is 10.6 Å². The van der Waals surface area contributed by atoms with Crippen molar-refractivity contribution < 1.29 is 14.0 Å². The lowest BCUT2D eigenvalue weighted by Crippen LogP contribution is -2.17. The fraction of sp³-hybridized carbons (Fsp3) is 0.136. The Kier molecular flexibility index (Phi) is 5.33. The maximum Gasteiger partial charge on any atom is 0.230 e. The number of carbonyl (C=O) groups is 2. The highest BCUT2D eigenvalue weighted by Gasteiger charge is 2.14. The zero-order valence-electron chi connectivity index (χ0n) is 16.4. The Morgan fingerprint density at radius 1 is 1.10 bits per heavy atom. The van der Waals surface area contributed by atoms with Crippen LogP contribution >= 0.6 is 11.3 Å². The van der Waals surface area contributed by atoms with E-state index >= 15 is 0 Å². The number of thiazole rings is 1. The first-order chi connectivity index (χ1) is 14.4. The van der Waals surface area contributed by atoms with E-state index in [1.54, 1.807) is 30.3 Å². The quantitative estimate of drug-likeness (QED) is 0.492. The highest BCUT2D eigenvalue weighted by molar-refractivity contribution is 7.15. The Hall–Kier alpha value is -3.52. The van der Waals surface area contributed by atoms with Gasteiger partial charge in [0.05, 0.1) is 12.1 Å². The second kappa shape index (κ2) is 8.08. The molecule has 6 nitrogen and oxygen atoms in total. The number of nitrogens with zero attached hydrogens (tertiary/aromatic N) is 2. The van der Waals surface area contributed by atoms with Crippen molar-refractivity contribution in [3.05, 3.63) is 71.1 Å². The molecule has 0 spiro atoms. The normalized spacial score (nSPS) is 10.9. The van der Waals surface area contributed by atoms with Gasteiger partial charge in [0.1, 0.15) is 5.82 Å². The molecule has 4 rings (SSSR count). The average molecular weight is 422 g/mol. The molecular formula is C22H19FN4O2S. The van der Waals surface area contributed by atoms with Crippen LogP contribution in [-0.2, 0) is 16.0 Å². The van der Waals surface area contributed by atoms with Gasteiger partial charge in [-0.15, -0.1) is 11.3 Å². The van der Waals surface area contributed by atoms with Gasteiger partial charge in [-0.1, -0.05) is 6.07 Å². The summed E-state index contributed by atoms with van der Waals surface area (Å²) in [6.45, 7) is 3.28. The third-order valence-corrected chi connectivity index (χ3v) is 5.57. The van der Waals surface area contributed by atoms with E-state index in [9.17, 15) is 14.0 Å². The molecule has 0 bridgehead atoms. The van der Waals surface area contributed by atoms with Crippen LogP contribution in [0.5, 0.6) is 0 Å². The molecule has 0 atom stereocenters. The number of rotatable bonds is 5. The summed E-state index contributed by atoms with van der Waals surface area (Å²) >= 11 is 1.44. The minimum atomic E-state index is -0.296. The number of amides is 2. The zero-order valence-corrected chi connectivity index (χ0v) is 17.2. The number of halogens is 1. The first kappa shape index (κ1) is 19.8. The first-order valence-electron chi connectivity index (χ1n) is 9.29. The molecule has 2 N–H and O–H groups in total. The van der Waals surface area contributed by atoms with E-state index in [0.29, 0.717) is 11.4 Å². The molecule has 8 heteroatoms. The second-order valence-corrected chi connectivity index (χ2v) is 7.73. The standard InChI is InChI=1S/C22H19FN4O2S/c1-13-18(24-14(2)28)4-3-5-19(13)25-21(29)10-17-12-30-22-26-20(11-27(17)22)15-6-8-16(23)9-7-15/h3-9,11-12H,10H2,1-2H3,(H,24,28)(H,25,29). The van der Waals surface area contributed by atoms with Crippen LogP contribution in [0, 0.1) is 12.7 Å². The van der Waals surface area contributed by atoms with E-state index in [4.69, 9.17) is 0 Å². The lowest BCUT2D eigenvalue weighted by Gasteiger charge is -2.12.